The quantitative estimate of drug-likeness (QED) is 0.831. The van der Waals surface area contributed by atoms with Crippen LogP contribution in [0.4, 0.5) is 0 Å². The topological polar surface area (TPSA) is 51.5 Å². The van der Waals surface area contributed by atoms with E-state index < -0.39 is 0 Å². The summed E-state index contributed by atoms with van der Waals surface area (Å²) in [7, 11) is 1.60. The summed E-state index contributed by atoms with van der Waals surface area (Å²) >= 11 is 7.33. The Bertz CT molecular complexity index is 577. The average molecular weight is 312 g/mol. The van der Waals surface area contributed by atoms with Crippen molar-refractivity contribution in [1.29, 1.82) is 0 Å². The van der Waals surface area contributed by atoms with Crippen molar-refractivity contribution in [2.45, 2.75) is 6.10 Å². The zero-order chi connectivity index (χ0) is 14.4. The second-order valence-electron chi connectivity index (χ2n) is 4.00. The molecule has 2 rings (SSSR count). The fraction of sp³-hybridized carbons (Fsp3) is 0.214. The van der Waals surface area contributed by atoms with Gasteiger partial charge >= 0.3 is 0 Å². The molecule has 0 fully saturated rings. The van der Waals surface area contributed by atoms with Crippen LogP contribution in [0.15, 0.2) is 41.2 Å². The summed E-state index contributed by atoms with van der Waals surface area (Å²) in [6.45, 7) is 0.391. The van der Waals surface area contributed by atoms with E-state index >= 15 is 0 Å². The molecular weight excluding hydrogens is 298 g/mol. The van der Waals surface area contributed by atoms with E-state index in [1.807, 2.05) is 12.1 Å². The molecular formula is C14H14ClNO3S. The Kier molecular flexibility index (Phi) is 5.40. The van der Waals surface area contributed by atoms with Crippen LogP contribution in [-0.4, -0.2) is 19.6 Å². The van der Waals surface area contributed by atoms with Crippen LogP contribution in [0.2, 0.25) is 4.34 Å². The third-order valence-corrected chi connectivity index (χ3v) is 3.95. The fourth-order valence-corrected chi connectivity index (χ4v) is 2.73. The average Bonchev–Trinajstić information content (AvgIpc) is 3.09. The number of thiophene rings is 1. The van der Waals surface area contributed by atoms with E-state index in [1.54, 1.807) is 31.8 Å². The molecule has 2 aromatic rings. The molecule has 0 aliphatic rings. The van der Waals surface area contributed by atoms with Gasteiger partial charge in [-0.25, -0.2) is 0 Å². The molecule has 0 aliphatic heterocycles. The highest BCUT2D eigenvalue weighted by Crippen LogP contribution is 2.28. The second-order valence-corrected chi connectivity index (χ2v) is 5.75. The molecule has 0 unspecified atom stereocenters. The van der Waals surface area contributed by atoms with Gasteiger partial charge in [0, 0.05) is 30.2 Å². The van der Waals surface area contributed by atoms with Crippen molar-refractivity contribution >= 4 is 34.9 Å². The number of halogens is 1. The van der Waals surface area contributed by atoms with Gasteiger partial charge in [0.05, 0.1) is 16.9 Å². The van der Waals surface area contributed by atoms with Crippen LogP contribution in [0, 0.1) is 0 Å². The molecule has 6 heteroatoms. The number of rotatable bonds is 6. The number of amides is 1. The maximum atomic E-state index is 11.7. The monoisotopic (exact) mass is 311 g/mol. The standard InChI is InChI=1S/C14H14ClNO3S/c1-18-11(12-3-4-13(15)20-12)8-16-14(17)5-2-10-6-7-19-9-10/h2-7,9,11H,8H2,1H3,(H,16,17)/b5-2+/t11-/m0/s1. The second kappa shape index (κ2) is 7.28. The first-order chi connectivity index (χ1) is 9.69. The number of hydrogen-bond donors (Lipinski definition) is 1. The van der Waals surface area contributed by atoms with Crippen molar-refractivity contribution in [2.75, 3.05) is 13.7 Å². The van der Waals surface area contributed by atoms with Gasteiger partial charge in [-0.05, 0) is 24.3 Å². The van der Waals surface area contributed by atoms with Crippen LogP contribution in [0.5, 0.6) is 0 Å². The largest absolute Gasteiger partial charge is 0.472 e. The smallest absolute Gasteiger partial charge is 0.244 e. The molecule has 1 amide bonds. The molecule has 0 spiro atoms. The summed E-state index contributed by atoms with van der Waals surface area (Å²) in [4.78, 5) is 12.7. The fourth-order valence-electron chi connectivity index (χ4n) is 1.60. The molecule has 2 aromatic heterocycles. The first-order valence-electron chi connectivity index (χ1n) is 5.95. The van der Waals surface area contributed by atoms with Gasteiger partial charge in [-0.1, -0.05) is 11.6 Å². The van der Waals surface area contributed by atoms with E-state index in [2.05, 4.69) is 5.32 Å². The molecule has 0 saturated carbocycles. The number of furan rings is 1. The summed E-state index contributed by atoms with van der Waals surface area (Å²) in [5.41, 5.74) is 0.841. The third-order valence-electron chi connectivity index (χ3n) is 2.63. The Morgan fingerprint density at radius 1 is 1.55 bits per heavy atom. The highest BCUT2D eigenvalue weighted by molar-refractivity contribution is 7.16. The van der Waals surface area contributed by atoms with Gasteiger partial charge in [0.1, 0.15) is 6.10 Å². The van der Waals surface area contributed by atoms with Crippen LogP contribution in [-0.2, 0) is 9.53 Å². The maximum absolute atomic E-state index is 11.7. The summed E-state index contributed by atoms with van der Waals surface area (Å²) < 4.78 is 11.0. The molecule has 0 radical (unpaired) electrons. The SMILES string of the molecule is CO[C@@H](CNC(=O)/C=C/c1ccoc1)c1ccc(Cl)s1. The van der Waals surface area contributed by atoms with Gasteiger partial charge in [0.15, 0.2) is 0 Å². The number of carbonyl (C=O) groups is 1. The minimum Gasteiger partial charge on any atom is -0.472 e. The van der Waals surface area contributed by atoms with E-state index in [0.717, 1.165) is 10.4 Å². The molecule has 1 atom stereocenters. The van der Waals surface area contributed by atoms with Crippen molar-refractivity contribution in [3.8, 4) is 0 Å². The van der Waals surface area contributed by atoms with Crippen molar-refractivity contribution in [2.24, 2.45) is 0 Å². The van der Waals surface area contributed by atoms with E-state index in [9.17, 15) is 4.79 Å². The summed E-state index contributed by atoms with van der Waals surface area (Å²) in [6.07, 6.45) is 6.06. The summed E-state index contributed by atoms with van der Waals surface area (Å²) in [6, 6.07) is 5.48. The predicted molar refractivity (Wildman–Crippen MR) is 79.8 cm³/mol. The van der Waals surface area contributed by atoms with Gasteiger partial charge in [0.2, 0.25) is 5.91 Å². The number of hydrogen-bond acceptors (Lipinski definition) is 4. The molecule has 0 saturated heterocycles. The Labute approximate surface area is 126 Å². The Morgan fingerprint density at radius 3 is 3.00 bits per heavy atom. The van der Waals surface area contributed by atoms with Crippen molar-refractivity contribution in [1.82, 2.24) is 5.32 Å². The van der Waals surface area contributed by atoms with Crippen LogP contribution < -0.4 is 5.32 Å². The van der Waals surface area contributed by atoms with E-state index in [4.69, 9.17) is 20.8 Å². The van der Waals surface area contributed by atoms with Crippen LogP contribution >= 0.6 is 22.9 Å². The normalized spacial score (nSPS) is 12.7. The molecule has 0 aliphatic carbocycles. The molecule has 20 heavy (non-hydrogen) atoms. The van der Waals surface area contributed by atoms with E-state index in [-0.39, 0.29) is 12.0 Å². The zero-order valence-corrected chi connectivity index (χ0v) is 12.4. The van der Waals surface area contributed by atoms with Crippen LogP contribution in [0.1, 0.15) is 16.5 Å². The van der Waals surface area contributed by atoms with Gasteiger partial charge < -0.3 is 14.5 Å². The summed E-state index contributed by atoms with van der Waals surface area (Å²) in [5.74, 6) is -0.184. The van der Waals surface area contributed by atoms with Crippen LogP contribution in [0.3, 0.4) is 0 Å². The molecule has 4 nitrogen and oxygen atoms in total. The lowest BCUT2D eigenvalue weighted by Crippen LogP contribution is -2.27. The number of carbonyl (C=O) groups excluding carboxylic acids is 1. The third kappa shape index (κ3) is 4.23. The van der Waals surface area contributed by atoms with Crippen molar-refractivity contribution < 1.29 is 13.9 Å². The highest BCUT2D eigenvalue weighted by atomic mass is 35.5. The summed E-state index contributed by atoms with van der Waals surface area (Å²) in [5, 5.41) is 2.79. The first kappa shape index (κ1) is 14.8. The van der Waals surface area contributed by atoms with Gasteiger partial charge in [0.25, 0.3) is 0 Å². The van der Waals surface area contributed by atoms with E-state index in [0.29, 0.717) is 10.9 Å². The Morgan fingerprint density at radius 2 is 2.40 bits per heavy atom. The predicted octanol–water partition coefficient (Wildman–Crippen LogP) is 3.51. The first-order valence-corrected chi connectivity index (χ1v) is 7.14. The minimum absolute atomic E-state index is 0.184. The Hall–Kier alpha value is -1.56. The van der Waals surface area contributed by atoms with Crippen LogP contribution in [0.25, 0.3) is 6.08 Å². The lowest BCUT2D eigenvalue weighted by molar-refractivity contribution is -0.117. The van der Waals surface area contributed by atoms with E-state index in [1.165, 1.54) is 17.4 Å². The maximum Gasteiger partial charge on any atom is 0.244 e. The number of methoxy groups -OCH3 is 1. The lowest BCUT2D eigenvalue weighted by Gasteiger charge is -2.13. The minimum atomic E-state index is -0.196. The number of ether oxygens (including phenoxy) is 1. The molecule has 1 N–H and O–H groups in total. The van der Waals surface area contributed by atoms with Crippen molar-refractivity contribution in [3.05, 3.63) is 51.6 Å². The molecule has 0 aromatic carbocycles. The molecule has 0 bridgehead atoms. The van der Waals surface area contributed by atoms with Gasteiger partial charge in [-0.2, -0.15) is 0 Å². The van der Waals surface area contributed by atoms with Gasteiger partial charge in [-0.3, -0.25) is 4.79 Å². The highest BCUT2D eigenvalue weighted by Gasteiger charge is 2.13. The Balaban J connectivity index is 1.85. The molecule has 2 heterocycles. The van der Waals surface area contributed by atoms with Crippen molar-refractivity contribution in [3.63, 3.8) is 0 Å². The zero-order valence-electron chi connectivity index (χ0n) is 10.8. The lowest BCUT2D eigenvalue weighted by atomic mass is 10.2. The van der Waals surface area contributed by atoms with Gasteiger partial charge in [-0.15, -0.1) is 11.3 Å². The molecule has 106 valence electrons. The number of nitrogens with one attached hydrogen (secondary N) is 1.